The van der Waals surface area contributed by atoms with Crippen LogP contribution in [0.5, 0.6) is 0 Å². The molecule has 92 valence electrons. The highest BCUT2D eigenvalue weighted by Crippen LogP contribution is 2.21. The van der Waals surface area contributed by atoms with Crippen LogP contribution in [-0.2, 0) is 9.53 Å². The van der Waals surface area contributed by atoms with Gasteiger partial charge in [-0.05, 0) is 18.2 Å². The highest BCUT2D eigenvalue weighted by Gasteiger charge is 2.14. The summed E-state index contributed by atoms with van der Waals surface area (Å²) in [7, 11) is 1.27. The van der Waals surface area contributed by atoms with Crippen molar-refractivity contribution in [3.8, 4) is 0 Å². The Morgan fingerprint density at radius 3 is 2.76 bits per heavy atom. The Bertz CT molecular complexity index is 437. The number of hydrogen-bond acceptors (Lipinski definition) is 3. The first-order valence-electron chi connectivity index (χ1n) is 4.82. The van der Waals surface area contributed by atoms with Crippen molar-refractivity contribution in [1.82, 2.24) is 0 Å². The van der Waals surface area contributed by atoms with Crippen molar-refractivity contribution < 1.29 is 14.3 Å². The molecule has 0 unspecified atom stereocenters. The first kappa shape index (κ1) is 14.0. The summed E-state index contributed by atoms with van der Waals surface area (Å²) in [6.45, 7) is 0. The molecule has 17 heavy (non-hydrogen) atoms. The molecule has 0 saturated heterocycles. The lowest BCUT2D eigenvalue weighted by Gasteiger charge is -2.09. The van der Waals surface area contributed by atoms with Crippen LogP contribution in [0.3, 0.4) is 0 Å². The quantitative estimate of drug-likeness (QED) is 0.685. The fraction of sp³-hybridized carbons (Fsp3) is 0.273. The third-order valence-corrected chi connectivity index (χ3v) is 2.61. The maximum atomic E-state index is 11.5. The average Bonchev–Trinajstić information content (AvgIpc) is 2.30. The van der Waals surface area contributed by atoms with E-state index in [2.05, 4.69) is 26.0 Å². The van der Waals surface area contributed by atoms with Gasteiger partial charge >= 0.3 is 5.97 Å². The zero-order valence-electron chi connectivity index (χ0n) is 9.13. The molecule has 0 aromatic heterocycles. The number of ether oxygens (including phenoxy) is 1. The molecule has 1 aromatic carbocycles. The molecule has 1 N–H and O–H groups in total. The summed E-state index contributed by atoms with van der Waals surface area (Å²) in [4.78, 5) is 22.9. The standard InChI is InChI=1S/C11H11BrClNO3/c1-17-11(16)8-6-7(13)2-3-9(8)14-10(15)4-5-12/h2-3,6H,4-5H2,1H3,(H,14,15). The van der Waals surface area contributed by atoms with Crippen LogP contribution in [0.2, 0.25) is 5.02 Å². The van der Waals surface area contributed by atoms with Gasteiger partial charge in [0.05, 0.1) is 18.4 Å². The highest BCUT2D eigenvalue weighted by atomic mass is 79.9. The number of esters is 1. The summed E-state index contributed by atoms with van der Waals surface area (Å²) in [6.07, 6.45) is 0.323. The zero-order valence-corrected chi connectivity index (χ0v) is 11.5. The fourth-order valence-electron chi connectivity index (χ4n) is 1.20. The summed E-state index contributed by atoms with van der Waals surface area (Å²) in [5.41, 5.74) is 0.634. The third kappa shape index (κ3) is 4.02. The van der Waals surface area contributed by atoms with Crippen molar-refractivity contribution in [2.75, 3.05) is 17.8 Å². The molecule has 0 atom stereocenters. The summed E-state index contributed by atoms with van der Waals surface area (Å²) in [5, 5.41) is 3.59. The minimum Gasteiger partial charge on any atom is -0.465 e. The van der Waals surface area contributed by atoms with Crippen LogP contribution in [0.1, 0.15) is 16.8 Å². The van der Waals surface area contributed by atoms with Crippen LogP contribution in [0.25, 0.3) is 0 Å². The van der Waals surface area contributed by atoms with Gasteiger partial charge in [-0.3, -0.25) is 4.79 Å². The minimum absolute atomic E-state index is 0.186. The van der Waals surface area contributed by atoms with E-state index in [4.69, 9.17) is 11.6 Å². The molecule has 0 radical (unpaired) electrons. The lowest BCUT2D eigenvalue weighted by Crippen LogP contribution is -2.15. The van der Waals surface area contributed by atoms with Gasteiger partial charge in [0.25, 0.3) is 0 Å². The maximum absolute atomic E-state index is 11.5. The normalized spacial score (nSPS) is 9.82. The number of alkyl halides is 1. The molecular weight excluding hydrogens is 309 g/mol. The highest BCUT2D eigenvalue weighted by molar-refractivity contribution is 9.09. The molecule has 1 aromatic rings. The van der Waals surface area contributed by atoms with Gasteiger partial charge in [0, 0.05) is 16.8 Å². The van der Waals surface area contributed by atoms with Gasteiger partial charge < -0.3 is 10.1 Å². The second-order valence-electron chi connectivity index (χ2n) is 3.17. The van der Waals surface area contributed by atoms with Crippen molar-refractivity contribution in [3.63, 3.8) is 0 Å². The predicted octanol–water partition coefficient (Wildman–Crippen LogP) is 2.85. The van der Waals surface area contributed by atoms with E-state index in [1.165, 1.54) is 13.2 Å². The van der Waals surface area contributed by atoms with Crippen LogP contribution >= 0.6 is 27.5 Å². The molecule has 0 aliphatic rings. The Morgan fingerprint density at radius 1 is 1.47 bits per heavy atom. The van der Waals surface area contributed by atoms with Gasteiger partial charge in [0.15, 0.2) is 0 Å². The van der Waals surface area contributed by atoms with Crippen LogP contribution in [-0.4, -0.2) is 24.3 Å². The number of carbonyl (C=O) groups is 2. The Balaban J connectivity index is 2.98. The van der Waals surface area contributed by atoms with Crippen molar-refractivity contribution in [1.29, 1.82) is 0 Å². The molecule has 0 aliphatic carbocycles. The summed E-state index contributed by atoms with van der Waals surface area (Å²) >= 11 is 8.95. The van der Waals surface area contributed by atoms with Crippen molar-refractivity contribution >= 4 is 45.1 Å². The van der Waals surface area contributed by atoms with E-state index < -0.39 is 5.97 Å². The molecular formula is C11H11BrClNO3. The monoisotopic (exact) mass is 319 g/mol. The van der Waals surface area contributed by atoms with Gasteiger partial charge in [-0.25, -0.2) is 4.79 Å². The molecule has 0 bridgehead atoms. The van der Waals surface area contributed by atoms with E-state index in [-0.39, 0.29) is 11.5 Å². The Morgan fingerprint density at radius 2 is 2.18 bits per heavy atom. The maximum Gasteiger partial charge on any atom is 0.340 e. The van der Waals surface area contributed by atoms with E-state index in [0.717, 1.165) is 0 Å². The zero-order chi connectivity index (χ0) is 12.8. The second kappa shape index (κ2) is 6.61. The molecule has 0 heterocycles. The number of carbonyl (C=O) groups excluding carboxylic acids is 2. The number of rotatable bonds is 4. The lowest BCUT2D eigenvalue weighted by atomic mass is 10.1. The van der Waals surface area contributed by atoms with Crippen molar-refractivity contribution in [3.05, 3.63) is 28.8 Å². The molecule has 0 spiro atoms. The molecule has 4 nitrogen and oxygen atoms in total. The van der Waals surface area contributed by atoms with Gasteiger partial charge in [-0.15, -0.1) is 0 Å². The largest absolute Gasteiger partial charge is 0.465 e. The van der Waals surface area contributed by atoms with Crippen molar-refractivity contribution in [2.45, 2.75) is 6.42 Å². The van der Waals surface area contributed by atoms with Gasteiger partial charge in [-0.1, -0.05) is 27.5 Å². The van der Waals surface area contributed by atoms with E-state index in [9.17, 15) is 9.59 Å². The fourth-order valence-corrected chi connectivity index (χ4v) is 1.74. The van der Waals surface area contributed by atoms with E-state index >= 15 is 0 Å². The number of anilines is 1. The van der Waals surface area contributed by atoms with Crippen LogP contribution in [0, 0.1) is 0 Å². The number of benzene rings is 1. The van der Waals surface area contributed by atoms with Gasteiger partial charge in [0.2, 0.25) is 5.91 Å². The van der Waals surface area contributed by atoms with Gasteiger partial charge in [-0.2, -0.15) is 0 Å². The first-order valence-corrected chi connectivity index (χ1v) is 6.32. The van der Waals surface area contributed by atoms with Gasteiger partial charge in [0.1, 0.15) is 0 Å². The second-order valence-corrected chi connectivity index (χ2v) is 4.40. The number of hydrogen-bond donors (Lipinski definition) is 1. The molecule has 0 saturated carbocycles. The third-order valence-electron chi connectivity index (χ3n) is 1.98. The first-order chi connectivity index (χ1) is 8.08. The minimum atomic E-state index is -0.540. The number of nitrogens with one attached hydrogen (secondary N) is 1. The Hall–Kier alpha value is -1.07. The topological polar surface area (TPSA) is 55.4 Å². The molecule has 1 amide bonds. The van der Waals surface area contributed by atoms with Crippen molar-refractivity contribution in [2.24, 2.45) is 0 Å². The van der Waals surface area contributed by atoms with Crippen LogP contribution in [0.15, 0.2) is 18.2 Å². The smallest absolute Gasteiger partial charge is 0.340 e. The molecule has 0 fully saturated rings. The van der Waals surface area contributed by atoms with E-state index in [1.807, 2.05) is 0 Å². The van der Waals surface area contributed by atoms with E-state index in [1.54, 1.807) is 12.1 Å². The lowest BCUT2D eigenvalue weighted by molar-refractivity contribution is -0.115. The molecule has 1 rings (SSSR count). The Labute approximate surface area is 112 Å². The predicted molar refractivity (Wildman–Crippen MR) is 69.8 cm³/mol. The average molecular weight is 321 g/mol. The number of amides is 1. The van der Waals surface area contributed by atoms with Crippen LogP contribution < -0.4 is 5.32 Å². The summed E-state index contributed by atoms with van der Waals surface area (Å²) in [5.74, 6) is -0.726. The number of halogens is 2. The summed E-state index contributed by atoms with van der Waals surface area (Å²) in [6, 6.07) is 4.62. The summed E-state index contributed by atoms with van der Waals surface area (Å²) < 4.78 is 4.62. The molecule has 0 aliphatic heterocycles. The number of methoxy groups -OCH3 is 1. The molecule has 6 heteroatoms. The van der Waals surface area contributed by atoms with E-state index in [0.29, 0.717) is 22.5 Å². The Kier molecular flexibility index (Phi) is 5.44. The SMILES string of the molecule is COC(=O)c1cc(Cl)ccc1NC(=O)CCBr. The van der Waals surface area contributed by atoms with Crippen LogP contribution in [0.4, 0.5) is 5.69 Å².